The van der Waals surface area contributed by atoms with E-state index in [1.807, 2.05) is 31.2 Å². The third-order valence-electron chi connectivity index (χ3n) is 2.19. The molecule has 0 unspecified atom stereocenters. The highest BCUT2D eigenvalue weighted by Crippen LogP contribution is 2.23. The van der Waals surface area contributed by atoms with E-state index in [4.69, 9.17) is 5.73 Å². The number of hydrogen-bond donors (Lipinski definition) is 3. The van der Waals surface area contributed by atoms with E-state index in [9.17, 15) is 4.79 Å². The van der Waals surface area contributed by atoms with Gasteiger partial charge in [-0.25, -0.2) is 4.79 Å². The van der Waals surface area contributed by atoms with Gasteiger partial charge in [0.1, 0.15) is 0 Å². The second kappa shape index (κ2) is 5.70. The maximum atomic E-state index is 10.7. The molecule has 0 spiro atoms. The van der Waals surface area contributed by atoms with Gasteiger partial charge in [0.05, 0.1) is 16.6 Å². The summed E-state index contributed by atoms with van der Waals surface area (Å²) in [5, 5.41) is 1.07. The van der Waals surface area contributed by atoms with Crippen molar-refractivity contribution in [1.82, 2.24) is 5.43 Å². The number of hydrogen-bond acceptors (Lipinski definition) is 3. The highest BCUT2D eigenvalue weighted by molar-refractivity contribution is 7.09. The first-order valence-electron chi connectivity index (χ1n) is 4.95. The summed E-state index contributed by atoms with van der Waals surface area (Å²) >= 11 is 1.64. The second-order valence-electron chi connectivity index (χ2n) is 3.25. The molecule has 0 saturated carbocycles. The van der Waals surface area contributed by atoms with Crippen molar-refractivity contribution in [2.75, 3.05) is 5.43 Å². The van der Waals surface area contributed by atoms with Gasteiger partial charge in [-0.3, -0.25) is 0 Å². The second-order valence-corrected chi connectivity index (χ2v) is 4.31. The molecule has 0 aliphatic carbocycles. The molecule has 17 heavy (non-hydrogen) atoms. The van der Waals surface area contributed by atoms with Gasteiger partial charge in [-0.05, 0) is 19.1 Å². The molecule has 92 valence electrons. The number of aromatic nitrogens is 1. The molecule has 0 fully saturated rings. The number of benzene rings is 1. The Morgan fingerprint density at radius 2 is 2.18 bits per heavy atom. The molecule has 1 heterocycles. The quantitative estimate of drug-likeness (QED) is 0.456. The monoisotopic (exact) mass is 272 g/mol. The zero-order chi connectivity index (χ0) is 11.5. The summed E-state index contributed by atoms with van der Waals surface area (Å²) in [5.74, 6) is 0.863. The zero-order valence-electron chi connectivity index (χ0n) is 9.24. The molecule has 0 aliphatic rings. The first kappa shape index (κ1) is 13.5. The van der Waals surface area contributed by atoms with Crippen LogP contribution in [-0.2, 0) is 6.54 Å². The average Bonchev–Trinajstić information content (AvgIpc) is 2.64. The molecule has 5 nitrogen and oxygen atoms in total. The van der Waals surface area contributed by atoms with Gasteiger partial charge in [-0.15, -0.1) is 0 Å². The maximum absolute atomic E-state index is 10.7. The molecule has 2 aromatic rings. The van der Waals surface area contributed by atoms with E-state index >= 15 is 0 Å². The van der Waals surface area contributed by atoms with E-state index in [1.54, 1.807) is 11.5 Å². The summed E-state index contributed by atoms with van der Waals surface area (Å²) in [5.41, 5.74) is 10.3. The fourth-order valence-corrected chi connectivity index (χ4v) is 2.52. The Morgan fingerprint density at radius 3 is 2.82 bits per heavy atom. The third-order valence-corrected chi connectivity index (χ3v) is 3.41. The van der Waals surface area contributed by atoms with Gasteiger partial charge >= 0.3 is 11.8 Å². The standard InChI is InChI=1S/C10H12N4OS.ClH/c1-2-14-9(12-13-10(11)15)7-5-3-4-6-8(7)16-14;/h3-6H,2H2,1H3,(H3,11,13,15);1H. The molecule has 2 rings (SSSR count). The van der Waals surface area contributed by atoms with Crippen molar-refractivity contribution in [2.45, 2.75) is 13.5 Å². The number of rotatable bonds is 3. The van der Waals surface area contributed by atoms with Crippen LogP contribution in [0.4, 0.5) is 10.6 Å². The number of primary amides is 1. The van der Waals surface area contributed by atoms with Crippen LogP contribution in [0.3, 0.4) is 0 Å². The molecule has 1 aromatic heterocycles. The number of nitrogens with two attached hydrogens (primary N) is 1. The Labute approximate surface area is 109 Å². The SMILES string of the molecule is CC[n+]1sc2ccccc2c1NNC(N)=O.[Cl-]. The number of carbonyl (C=O) groups is 1. The van der Waals surface area contributed by atoms with Crippen LogP contribution in [0, 0.1) is 0 Å². The van der Waals surface area contributed by atoms with Gasteiger partial charge in [-0.1, -0.05) is 12.1 Å². The van der Waals surface area contributed by atoms with Crippen LogP contribution < -0.4 is 32.9 Å². The predicted molar refractivity (Wildman–Crippen MR) is 64.0 cm³/mol. The number of halogens is 1. The lowest BCUT2D eigenvalue weighted by atomic mass is 10.3. The fraction of sp³-hybridized carbons (Fsp3) is 0.200. The minimum Gasteiger partial charge on any atom is -1.00 e. The number of fused-ring (bicyclic) bond motifs is 1. The summed E-state index contributed by atoms with van der Waals surface area (Å²) in [7, 11) is 0. The highest BCUT2D eigenvalue weighted by atomic mass is 35.5. The van der Waals surface area contributed by atoms with Crippen molar-refractivity contribution in [1.29, 1.82) is 0 Å². The summed E-state index contributed by atoms with van der Waals surface area (Å²) in [6, 6.07) is 7.40. The molecule has 2 amide bonds. The van der Waals surface area contributed by atoms with Gasteiger partial charge in [-0.2, -0.15) is 14.8 Å². The largest absolute Gasteiger partial charge is 1.00 e. The van der Waals surface area contributed by atoms with Gasteiger partial charge in [0.25, 0.3) is 0 Å². The normalized spacial score (nSPS) is 9.71. The molecule has 0 saturated heterocycles. The summed E-state index contributed by atoms with van der Waals surface area (Å²) < 4.78 is 3.22. The minimum atomic E-state index is -0.599. The maximum Gasteiger partial charge on any atom is 0.347 e. The molecular weight excluding hydrogens is 260 g/mol. The molecule has 0 radical (unpaired) electrons. The van der Waals surface area contributed by atoms with Crippen LogP contribution in [0.5, 0.6) is 0 Å². The van der Waals surface area contributed by atoms with E-state index in [0.717, 1.165) is 22.4 Å². The number of urea groups is 1. The number of nitrogens with one attached hydrogen (secondary N) is 2. The Bertz CT molecular complexity index is 528. The van der Waals surface area contributed by atoms with E-state index in [0.29, 0.717) is 0 Å². The first-order chi connectivity index (χ1) is 7.72. The lowest BCUT2D eigenvalue weighted by Crippen LogP contribution is -3.00. The molecule has 0 aliphatic heterocycles. The Morgan fingerprint density at radius 1 is 1.47 bits per heavy atom. The molecule has 7 heteroatoms. The number of nitrogens with zero attached hydrogens (tertiary/aromatic N) is 1. The fourth-order valence-electron chi connectivity index (χ4n) is 1.51. The summed E-state index contributed by atoms with van der Waals surface area (Å²) in [6.07, 6.45) is 0. The number of amides is 2. The summed E-state index contributed by atoms with van der Waals surface area (Å²) in [6.45, 7) is 2.88. The number of aryl methyl sites for hydroxylation is 1. The predicted octanol–water partition coefficient (Wildman–Crippen LogP) is -1.79. The van der Waals surface area contributed by atoms with Crippen molar-refractivity contribution in [3.8, 4) is 0 Å². The highest BCUT2D eigenvalue weighted by Gasteiger charge is 2.17. The Hall–Kier alpha value is -1.53. The van der Waals surface area contributed by atoms with Crippen LogP contribution >= 0.6 is 11.5 Å². The van der Waals surface area contributed by atoms with Gasteiger partial charge in [0.15, 0.2) is 0 Å². The molecular formula is C10H13ClN4OS. The lowest BCUT2D eigenvalue weighted by Gasteiger charge is -1.98. The first-order valence-corrected chi connectivity index (χ1v) is 5.73. The topological polar surface area (TPSA) is 71.0 Å². The van der Waals surface area contributed by atoms with Gasteiger partial charge in [0.2, 0.25) is 0 Å². The number of carbonyl (C=O) groups excluding carboxylic acids is 1. The molecule has 4 N–H and O–H groups in total. The average molecular weight is 273 g/mol. The van der Waals surface area contributed by atoms with E-state index in [2.05, 4.69) is 14.8 Å². The summed E-state index contributed by atoms with van der Waals surface area (Å²) in [4.78, 5) is 10.7. The van der Waals surface area contributed by atoms with Crippen molar-refractivity contribution in [3.63, 3.8) is 0 Å². The van der Waals surface area contributed by atoms with Crippen LogP contribution in [0.2, 0.25) is 0 Å². The van der Waals surface area contributed by atoms with E-state index in [1.165, 1.54) is 0 Å². The van der Waals surface area contributed by atoms with Crippen molar-refractivity contribution < 1.29 is 21.2 Å². The van der Waals surface area contributed by atoms with Crippen LogP contribution in [0.1, 0.15) is 6.92 Å². The molecule has 1 aromatic carbocycles. The van der Waals surface area contributed by atoms with Crippen LogP contribution in [0.25, 0.3) is 10.1 Å². The number of anilines is 1. The lowest BCUT2D eigenvalue weighted by molar-refractivity contribution is -0.610. The van der Waals surface area contributed by atoms with E-state index in [-0.39, 0.29) is 12.4 Å². The smallest absolute Gasteiger partial charge is 0.347 e. The third kappa shape index (κ3) is 2.78. The van der Waals surface area contributed by atoms with Gasteiger partial charge in [0, 0.05) is 11.5 Å². The molecule has 0 bridgehead atoms. The zero-order valence-corrected chi connectivity index (χ0v) is 10.8. The van der Waals surface area contributed by atoms with Gasteiger partial charge < -0.3 is 18.1 Å². The Kier molecular flexibility index (Phi) is 4.53. The van der Waals surface area contributed by atoms with Crippen LogP contribution in [0.15, 0.2) is 24.3 Å². The minimum absolute atomic E-state index is 0. The van der Waals surface area contributed by atoms with E-state index < -0.39 is 6.03 Å². The van der Waals surface area contributed by atoms with Crippen molar-refractivity contribution in [3.05, 3.63) is 24.3 Å². The molecule has 0 atom stereocenters. The van der Waals surface area contributed by atoms with Crippen molar-refractivity contribution >= 4 is 33.5 Å². The van der Waals surface area contributed by atoms with Crippen LogP contribution in [-0.4, -0.2) is 6.03 Å². The van der Waals surface area contributed by atoms with Crippen molar-refractivity contribution in [2.24, 2.45) is 5.73 Å². The number of hydrazine groups is 1. The Balaban J connectivity index is 0.00000144.